The summed E-state index contributed by atoms with van der Waals surface area (Å²) in [4.78, 5) is 14.4. The maximum atomic E-state index is 10.6. The van der Waals surface area contributed by atoms with Gasteiger partial charge in [-0.05, 0) is 24.8 Å². The molecule has 0 saturated heterocycles. The molecule has 0 fully saturated rings. The Morgan fingerprint density at radius 2 is 2.38 bits per heavy atom. The molecule has 0 spiro atoms. The SMILES string of the molecule is CCSCC(C)Nc1ccc(C(=O)O)nc1. The van der Waals surface area contributed by atoms with Gasteiger partial charge in [-0.3, -0.25) is 0 Å². The molecular formula is C11H16N2O2S. The highest BCUT2D eigenvalue weighted by molar-refractivity contribution is 7.99. The van der Waals surface area contributed by atoms with Crippen molar-refractivity contribution in [3.8, 4) is 0 Å². The lowest BCUT2D eigenvalue weighted by atomic mass is 10.3. The molecule has 0 aliphatic carbocycles. The van der Waals surface area contributed by atoms with Crippen LogP contribution in [0.5, 0.6) is 0 Å². The molecule has 0 bridgehead atoms. The van der Waals surface area contributed by atoms with Crippen LogP contribution in [0, 0.1) is 0 Å². The van der Waals surface area contributed by atoms with Crippen LogP contribution in [0.2, 0.25) is 0 Å². The van der Waals surface area contributed by atoms with E-state index in [0.29, 0.717) is 6.04 Å². The fourth-order valence-electron chi connectivity index (χ4n) is 1.23. The van der Waals surface area contributed by atoms with Gasteiger partial charge in [-0.25, -0.2) is 9.78 Å². The van der Waals surface area contributed by atoms with Gasteiger partial charge in [0.25, 0.3) is 0 Å². The van der Waals surface area contributed by atoms with Crippen molar-refractivity contribution >= 4 is 23.4 Å². The number of aromatic carboxylic acids is 1. The van der Waals surface area contributed by atoms with E-state index >= 15 is 0 Å². The smallest absolute Gasteiger partial charge is 0.354 e. The average Bonchev–Trinajstić information content (AvgIpc) is 2.27. The summed E-state index contributed by atoms with van der Waals surface area (Å²) in [6.45, 7) is 4.22. The van der Waals surface area contributed by atoms with Crippen molar-refractivity contribution in [3.63, 3.8) is 0 Å². The van der Waals surface area contributed by atoms with Gasteiger partial charge in [0.1, 0.15) is 5.69 Å². The van der Waals surface area contributed by atoms with Crippen LogP contribution in [0.15, 0.2) is 18.3 Å². The third-order valence-electron chi connectivity index (χ3n) is 1.97. The summed E-state index contributed by atoms with van der Waals surface area (Å²) in [6.07, 6.45) is 1.55. The number of anilines is 1. The molecule has 88 valence electrons. The van der Waals surface area contributed by atoms with Gasteiger partial charge >= 0.3 is 5.97 Å². The van der Waals surface area contributed by atoms with Crippen LogP contribution >= 0.6 is 11.8 Å². The van der Waals surface area contributed by atoms with Crippen molar-refractivity contribution in [1.29, 1.82) is 0 Å². The van der Waals surface area contributed by atoms with Crippen LogP contribution in [-0.4, -0.2) is 33.6 Å². The zero-order chi connectivity index (χ0) is 12.0. The van der Waals surface area contributed by atoms with Gasteiger partial charge in [0.15, 0.2) is 0 Å². The van der Waals surface area contributed by atoms with Crippen molar-refractivity contribution in [3.05, 3.63) is 24.0 Å². The molecule has 1 heterocycles. The second-order valence-corrected chi connectivity index (χ2v) is 4.76. The Bertz CT molecular complexity index is 340. The lowest BCUT2D eigenvalue weighted by Crippen LogP contribution is -2.18. The Balaban J connectivity index is 2.51. The van der Waals surface area contributed by atoms with Crippen LogP contribution in [0.3, 0.4) is 0 Å². The normalized spacial score (nSPS) is 12.1. The third-order valence-corrected chi connectivity index (χ3v) is 3.11. The van der Waals surface area contributed by atoms with Crippen LogP contribution in [0.25, 0.3) is 0 Å². The summed E-state index contributed by atoms with van der Waals surface area (Å²) in [5.41, 5.74) is 0.926. The highest BCUT2D eigenvalue weighted by atomic mass is 32.2. The van der Waals surface area contributed by atoms with Gasteiger partial charge < -0.3 is 10.4 Å². The molecule has 1 aromatic rings. The fraction of sp³-hybridized carbons (Fsp3) is 0.455. The average molecular weight is 240 g/mol. The Labute approximate surface area is 99.5 Å². The number of nitrogens with zero attached hydrogens (tertiary/aromatic N) is 1. The zero-order valence-electron chi connectivity index (χ0n) is 9.43. The number of carboxylic acids is 1. The van der Waals surface area contributed by atoms with Gasteiger partial charge in [-0.2, -0.15) is 11.8 Å². The van der Waals surface area contributed by atoms with Gasteiger partial charge in [-0.1, -0.05) is 6.92 Å². The first-order chi connectivity index (χ1) is 7.63. The molecule has 1 aromatic heterocycles. The quantitative estimate of drug-likeness (QED) is 0.799. The van der Waals surface area contributed by atoms with Gasteiger partial charge in [0, 0.05) is 11.8 Å². The van der Waals surface area contributed by atoms with E-state index in [4.69, 9.17) is 5.11 Å². The van der Waals surface area contributed by atoms with Crippen LogP contribution in [0.1, 0.15) is 24.3 Å². The van der Waals surface area contributed by atoms with E-state index in [-0.39, 0.29) is 5.69 Å². The summed E-state index contributed by atoms with van der Waals surface area (Å²) in [7, 11) is 0. The molecular weight excluding hydrogens is 224 g/mol. The molecule has 5 heteroatoms. The maximum Gasteiger partial charge on any atom is 0.354 e. The molecule has 1 atom stereocenters. The fourth-order valence-corrected chi connectivity index (χ4v) is 1.90. The van der Waals surface area contributed by atoms with Crippen LogP contribution in [0.4, 0.5) is 5.69 Å². The number of rotatable bonds is 6. The number of nitrogens with one attached hydrogen (secondary N) is 1. The summed E-state index contributed by atoms with van der Waals surface area (Å²) >= 11 is 1.87. The van der Waals surface area contributed by atoms with Gasteiger partial charge in [0.05, 0.1) is 11.9 Å². The molecule has 0 aliphatic rings. The van der Waals surface area contributed by atoms with Crippen molar-refractivity contribution in [2.24, 2.45) is 0 Å². The Kier molecular flexibility index (Phi) is 5.11. The molecule has 0 radical (unpaired) electrons. The second kappa shape index (κ2) is 6.37. The van der Waals surface area contributed by atoms with Crippen molar-refractivity contribution < 1.29 is 9.90 Å². The first kappa shape index (κ1) is 12.8. The van der Waals surface area contributed by atoms with Crippen LogP contribution in [-0.2, 0) is 0 Å². The van der Waals surface area contributed by atoms with Gasteiger partial charge in [-0.15, -0.1) is 0 Å². The summed E-state index contributed by atoms with van der Waals surface area (Å²) in [5.74, 6) is 1.13. The van der Waals surface area contributed by atoms with E-state index in [1.165, 1.54) is 6.07 Å². The number of thioether (sulfide) groups is 1. The molecule has 0 aromatic carbocycles. The molecule has 0 amide bonds. The Hall–Kier alpha value is -1.23. The topological polar surface area (TPSA) is 62.2 Å². The second-order valence-electron chi connectivity index (χ2n) is 3.44. The highest BCUT2D eigenvalue weighted by Crippen LogP contribution is 2.10. The standard InChI is InChI=1S/C11H16N2O2S/c1-3-16-7-8(2)13-9-4-5-10(11(14)15)12-6-9/h4-6,8,13H,3,7H2,1-2H3,(H,14,15). The largest absolute Gasteiger partial charge is 0.477 e. The minimum absolute atomic E-state index is 0.0705. The Morgan fingerprint density at radius 1 is 1.62 bits per heavy atom. The van der Waals surface area contributed by atoms with E-state index in [9.17, 15) is 4.79 Å². The van der Waals surface area contributed by atoms with Gasteiger partial charge in [0.2, 0.25) is 0 Å². The highest BCUT2D eigenvalue weighted by Gasteiger charge is 2.05. The number of pyridine rings is 1. The van der Waals surface area contributed by atoms with Crippen molar-refractivity contribution in [2.45, 2.75) is 19.9 Å². The van der Waals surface area contributed by atoms with Crippen molar-refractivity contribution in [1.82, 2.24) is 4.98 Å². The van der Waals surface area contributed by atoms with E-state index in [0.717, 1.165) is 17.2 Å². The summed E-state index contributed by atoms with van der Waals surface area (Å²) in [6, 6.07) is 3.59. The minimum atomic E-state index is -0.999. The number of aromatic nitrogens is 1. The minimum Gasteiger partial charge on any atom is -0.477 e. The predicted molar refractivity (Wildman–Crippen MR) is 67.3 cm³/mol. The first-order valence-electron chi connectivity index (χ1n) is 5.17. The maximum absolute atomic E-state index is 10.6. The van der Waals surface area contributed by atoms with E-state index in [1.54, 1.807) is 12.3 Å². The molecule has 0 saturated carbocycles. The number of carboxylic acid groups (broad SMARTS) is 1. The molecule has 1 rings (SSSR count). The lowest BCUT2D eigenvalue weighted by Gasteiger charge is -2.14. The lowest BCUT2D eigenvalue weighted by molar-refractivity contribution is 0.0690. The molecule has 1 unspecified atom stereocenters. The number of hydrogen-bond acceptors (Lipinski definition) is 4. The molecule has 4 nitrogen and oxygen atoms in total. The first-order valence-corrected chi connectivity index (χ1v) is 6.32. The number of carbonyl (C=O) groups is 1. The molecule has 2 N–H and O–H groups in total. The molecule has 16 heavy (non-hydrogen) atoms. The molecule has 0 aliphatic heterocycles. The summed E-state index contributed by atoms with van der Waals surface area (Å²) < 4.78 is 0. The van der Waals surface area contributed by atoms with E-state index in [1.807, 2.05) is 11.8 Å². The predicted octanol–water partition coefficient (Wildman–Crippen LogP) is 2.33. The van der Waals surface area contributed by atoms with Crippen molar-refractivity contribution in [2.75, 3.05) is 16.8 Å². The summed E-state index contributed by atoms with van der Waals surface area (Å²) in [5, 5.41) is 12.0. The van der Waals surface area contributed by atoms with E-state index in [2.05, 4.69) is 24.1 Å². The Morgan fingerprint density at radius 3 is 2.88 bits per heavy atom. The zero-order valence-corrected chi connectivity index (χ0v) is 10.3. The van der Waals surface area contributed by atoms with E-state index < -0.39 is 5.97 Å². The van der Waals surface area contributed by atoms with Crippen LogP contribution < -0.4 is 5.32 Å². The monoisotopic (exact) mass is 240 g/mol. The third kappa shape index (κ3) is 4.10. The number of hydrogen-bond donors (Lipinski definition) is 2.